The van der Waals surface area contributed by atoms with Gasteiger partial charge in [-0.15, -0.1) is 11.6 Å². The first-order valence-corrected chi connectivity index (χ1v) is 4.50. The monoisotopic (exact) mass is 229 g/mol. The Labute approximate surface area is 90.3 Å². The van der Waals surface area contributed by atoms with Gasteiger partial charge in [0.15, 0.2) is 0 Å². The van der Waals surface area contributed by atoms with E-state index in [0.29, 0.717) is 0 Å². The topological polar surface area (TPSA) is 86.6 Å². The van der Waals surface area contributed by atoms with Gasteiger partial charge < -0.3 is 15.5 Å². The second-order valence-electron chi connectivity index (χ2n) is 2.72. The lowest BCUT2D eigenvalue weighted by Crippen LogP contribution is -2.13. The minimum atomic E-state index is -1.14. The molecule has 0 aliphatic heterocycles. The van der Waals surface area contributed by atoms with Gasteiger partial charge >= 0.3 is 5.97 Å². The molecule has 1 rings (SSSR count). The van der Waals surface area contributed by atoms with Crippen molar-refractivity contribution < 1.29 is 19.8 Å². The molecule has 15 heavy (non-hydrogen) atoms. The van der Waals surface area contributed by atoms with Crippen molar-refractivity contribution >= 4 is 29.2 Å². The maximum Gasteiger partial charge on any atom is 0.335 e. The fraction of sp³-hybridized carbons (Fsp3) is 0.111. The van der Waals surface area contributed by atoms with Gasteiger partial charge in [-0.25, -0.2) is 4.79 Å². The lowest BCUT2D eigenvalue weighted by Gasteiger charge is -2.06. The summed E-state index contributed by atoms with van der Waals surface area (Å²) in [4.78, 5) is 21.5. The van der Waals surface area contributed by atoms with E-state index >= 15 is 0 Å². The number of carboxylic acids is 1. The van der Waals surface area contributed by atoms with E-state index in [4.69, 9.17) is 16.7 Å². The summed E-state index contributed by atoms with van der Waals surface area (Å²) in [5.74, 6) is -2.14. The zero-order valence-electron chi connectivity index (χ0n) is 7.53. The van der Waals surface area contributed by atoms with E-state index in [2.05, 4.69) is 5.32 Å². The molecule has 0 aliphatic carbocycles. The smallest absolute Gasteiger partial charge is 0.335 e. The minimum absolute atomic E-state index is 0.0283. The zero-order valence-corrected chi connectivity index (χ0v) is 8.28. The highest BCUT2D eigenvalue weighted by Gasteiger charge is 2.09. The number of alkyl halides is 1. The number of amides is 1. The molecule has 1 aromatic rings. The molecule has 0 heterocycles. The van der Waals surface area contributed by atoms with Crippen LogP contribution in [0.4, 0.5) is 5.69 Å². The Hall–Kier alpha value is -1.75. The van der Waals surface area contributed by atoms with Crippen LogP contribution in [0.25, 0.3) is 0 Å². The second-order valence-corrected chi connectivity index (χ2v) is 2.99. The number of carbonyl (C=O) groups is 2. The summed E-state index contributed by atoms with van der Waals surface area (Å²) in [6, 6.07) is 3.57. The number of aromatic hydroxyl groups is 1. The average Bonchev–Trinajstić information content (AvgIpc) is 2.20. The summed E-state index contributed by atoms with van der Waals surface area (Å²) in [6.07, 6.45) is 0. The lowest BCUT2D eigenvalue weighted by atomic mass is 10.2. The first kappa shape index (κ1) is 11.3. The fourth-order valence-electron chi connectivity index (χ4n) is 0.953. The van der Waals surface area contributed by atoms with E-state index in [-0.39, 0.29) is 22.9 Å². The standard InChI is InChI=1S/C9H8ClNO4/c10-4-8(13)11-6-3-5(9(14)15)1-2-7(6)12/h1-3,12H,4H2,(H,11,13)(H,14,15). The van der Waals surface area contributed by atoms with Gasteiger partial charge in [-0.05, 0) is 18.2 Å². The molecule has 3 N–H and O–H groups in total. The van der Waals surface area contributed by atoms with Crippen LogP contribution < -0.4 is 5.32 Å². The molecule has 1 amide bonds. The van der Waals surface area contributed by atoms with Crippen LogP contribution in [0.15, 0.2) is 18.2 Å². The molecule has 0 atom stereocenters. The highest BCUT2D eigenvalue weighted by atomic mass is 35.5. The van der Waals surface area contributed by atoms with Crippen LogP contribution in [0.1, 0.15) is 10.4 Å². The molecule has 0 unspecified atom stereocenters. The number of phenols is 1. The van der Waals surface area contributed by atoms with Crippen molar-refractivity contribution in [1.29, 1.82) is 0 Å². The maximum atomic E-state index is 10.9. The Bertz CT molecular complexity index is 405. The van der Waals surface area contributed by atoms with Gasteiger partial charge in [-0.3, -0.25) is 4.79 Å². The third kappa shape index (κ3) is 2.85. The number of carboxylic acid groups (broad SMARTS) is 1. The van der Waals surface area contributed by atoms with Gasteiger partial charge in [-0.1, -0.05) is 0 Å². The number of halogens is 1. The van der Waals surface area contributed by atoms with Crippen molar-refractivity contribution in [3.63, 3.8) is 0 Å². The number of hydrogen-bond donors (Lipinski definition) is 3. The molecular formula is C9H8ClNO4. The number of aromatic carboxylic acids is 1. The molecule has 0 fully saturated rings. The predicted molar refractivity (Wildman–Crippen MR) is 54.4 cm³/mol. The van der Waals surface area contributed by atoms with E-state index in [1.54, 1.807) is 0 Å². The highest BCUT2D eigenvalue weighted by molar-refractivity contribution is 6.29. The van der Waals surface area contributed by atoms with Crippen molar-refractivity contribution in [2.45, 2.75) is 0 Å². The first-order valence-electron chi connectivity index (χ1n) is 3.96. The molecule has 6 heteroatoms. The summed E-state index contributed by atoms with van der Waals surface area (Å²) in [5, 5.41) is 20.3. The minimum Gasteiger partial charge on any atom is -0.506 e. The van der Waals surface area contributed by atoms with Crippen molar-refractivity contribution in [1.82, 2.24) is 0 Å². The van der Waals surface area contributed by atoms with E-state index in [0.717, 1.165) is 6.07 Å². The molecule has 0 bridgehead atoms. The number of nitrogens with one attached hydrogen (secondary N) is 1. The Morgan fingerprint density at radius 1 is 1.40 bits per heavy atom. The third-order valence-corrected chi connectivity index (χ3v) is 1.88. The van der Waals surface area contributed by atoms with Crippen molar-refractivity contribution in [3.8, 4) is 5.75 Å². The summed E-state index contributed by atoms with van der Waals surface area (Å²) in [7, 11) is 0. The molecule has 5 nitrogen and oxygen atoms in total. The molecule has 0 radical (unpaired) electrons. The zero-order chi connectivity index (χ0) is 11.4. The fourth-order valence-corrected chi connectivity index (χ4v) is 1.02. The SMILES string of the molecule is O=C(CCl)Nc1cc(C(=O)O)ccc1O. The van der Waals surface area contributed by atoms with Crippen LogP contribution in [-0.4, -0.2) is 28.0 Å². The molecule has 0 spiro atoms. The molecule has 0 aromatic heterocycles. The van der Waals surface area contributed by atoms with Crippen LogP contribution in [0, 0.1) is 0 Å². The van der Waals surface area contributed by atoms with E-state index in [1.165, 1.54) is 12.1 Å². The first-order chi connectivity index (χ1) is 7.04. The van der Waals surface area contributed by atoms with Gasteiger partial charge in [0.05, 0.1) is 11.3 Å². The van der Waals surface area contributed by atoms with E-state index in [9.17, 15) is 14.7 Å². The van der Waals surface area contributed by atoms with Gasteiger partial charge in [0.25, 0.3) is 0 Å². The molecule has 80 valence electrons. The van der Waals surface area contributed by atoms with Gasteiger partial charge in [0.1, 0.15) is 11.6 Å². The Morgan fingerprint density at radius 2 is 2.07 bits per heavy atom. The van der Waals surface area contributed by atoms with Gasteiger partial charge in [-0.2, -0.15) is 0 Å². The third-order valence-electron chi connectivity index (χ3n) is 1.64. The summed E-state index contributed by atoms with van der Waals surface area (Å²) < 4.78 is 0. The summed E-state index contributed by atoms with van der Waals surface area (Å²) in [6.45, 7) is 0. The number of anilines is 1. The number of benzene rings is 1. The maximum absolute atomic E-state index is 10.9. The normalized spacial score (nSPS) is 9.67. The van der Waals surface area contributed by atoms with Gasteiger partial charge in [0, 0.05) is 0 Å². The Morgan fingerprint density at radius 3 is 2.60 bits per heavy atom. The Balaban J connectivity index is 3.00. The molecule has 0 saturated heterocycles. The number of hydrogen-bond acceptors (Lipinski definition) is 3. The molecule has 0 saturated carbocycles. The molecule has 1 aromatic carbocycles. The average molecular weight is 230 g/mol. The highest BCUT2D eigenvalue weighted by Crippen LogP contribution is 2.24. The van der Waals surface area contributed by atoms with E-state index < -0.39 is 11.9 Å². The predicted octanol–water partition coefficient (Wildman–Crippen LogP) is 1.27. The van der Waals surface area contributed by atoms with Crippen molar-refractivity contribution in [2.75, 3.05) is 11.2 Å². The van der Waals surface area contributed by atoms with Crippen LogP contribution in [0.5, 0.6) is 5.75 Å². The quantitative estimate of drug-likeness (QED) is 0.538. The van der Waals surface area contributed by atoms with Crippen molar-refractivity contribution in [2.24, 2.45) is 0 Å². The van der Waals surface area contributed by atoms with Crippen LogP contribution >= 0.6 is 11.6 Å². The molecular weight excluding hydrogens is 222 g/mol. The van der Waals surface area contributed by atoms with Crippen LogP contribution in [0.3, 0.4) is 0 Å². The Kier molecular flexibility index (Phi) is 3.51. The number of rotatable bonds is 3. The summed E-state index contributed by atoms with van der Waals surface area (Å²) >= 11 is 5.25. The van der Waals surface area contributed by atoms with Gasteiger partial charge in [0.2, 0.25) is 5.91 Å². The second kappa shape index (κ2) is 4.65. The van der Waals surface area contributed by atoms with Crippen molar-refractivity contribution in [3.05, 3.63) is 23.8 Å². The number of carbonyl (C=O) groups excluding carboxylic acids is 1. The molecule has 0 aliphatic rings. The summed E-state index contributed by atoms with van der Waals surface area (Å²) in [5.41, 5.74) is -0.00165. The van der Waals surface area contributed by atoms with Crippen LogP contribution in [-0.2, 0) is 4.79 Å². The van der Waals surface area contributed by atoms with E-state index in [1.807, 2.05) is 0 Å². The largest absolute Gasteiger partial charge is 0.506 e. The number of phenolic OH excluding ortho intramolecular Hbond substituents is 1. The lowest BCUT2D eigenvalue weighted by molar-refractivity contribution is -0.113. The van der Waals surface area contributed by atoms with Crippen LogP contribution in [0.2, 0.25) is 0 Å².